The highest BCUT2D eigenvalue weighted by Crippen LogP contribution is 2.34. The van der Waals surface area contributed by atoms with Crippen molar-refractivity contribution in [3.8, 4) is 17.6 Å². The monoisotopic (exact) mass is 447 g/mol. The number of nitrogens with zero attached hydrogens (tertiary/aromatic N) is 3. The molecule has 170 valence electrons. The predicted octanol–water partition coefficient (Wildman–Crippen LogP) is 2.69. The van der Waals surface area contributed by atoms with E-state index in [0.29, 0.717) is 35.7 Å². The lowest BCUT2D eigenvalue weighted by atomic mass is 10.1. The van der Waals surface area contributed by atoms with Crippen LogP contribution in [0.3, 0.4) is 0 Å². The highest BCUT2D eigenvalue weighted by atomic mass is 16.5. The van der Waals surface area contributed by atoms with E-state index in [1.807, 2.05) is 18.2 Å². The molecule has 1 aliphatic heterocycles. The number of amides is 3. The molecule has 33 heavy (non-hydrogen) atoms. The molecule has 0 radical (unpaired) electrons. The second-order valence-corrected chi connectivity index (χ2v) is 8.19. The Morgan fingerprint density at radius 3 is 2.39 bits per heavy atom. The van der Waals surface area contributed by atoms with Crippen molar-refractivity contribution in [2.75, 3.05) is 25.7 Å². The van der Waals surface area contributed by atoms with Crippen molar-refractivity contribution >= 4 is 23.4 Å². The predicted molar refractivity (Wildman–Crippen MR) is 120 cm³/mol. The van der Waals surface area contributed by atoms with E-state index in [1.165, 1.54) is 0 Å². The third-order valence-corrected chi connectivity index (χ3v) is 6.05. The van der Waals surface area contributed by atoms with Gasteiger partial charge in [0.05, 0.1) is 38.0 Å². The van der Waals surface area contributed by atoms with Gasteiger partial charge >= 0.3 is 0 Å². The zero-order chi connectivity index (χ0) is 23.5. The SMILES string of the molecule is COc1ccc(CCN(C(=O)C2CC2)C2CC(=O)N(c3ccc(C#N)cc3)C2=O)cc1OC. The Bertz CT molecular complexity index is 1120. The molecule has 0 bridgehead atoms. The van der Waals surface area contributed by atoms with Crippen LogP contribution in [0.2, 0.25) is 0 Å². The standard InChI is InChI=1S/C25H25N3O5/c1-32-21-10-5-16(13-22(21)33-2)11-12-27(24(30)18-6-7-18)20-14-23(29)28(25(20)31)19-8-3-17(15-26)4-9-19/h3-5,8-10,13,18,20H,6-7,11-12,14H2,1-2H3. The summed E-state index contributed by atoms with van der Waals surface area (Å²) in [7, 11) is 3.13. The van der Waals surface area contributed by atoms with Crippen LogP contribution in [-0.4, -0.2) is 49.4 Å². The number of benzene rings is 2. The molecule has 8 heteroatoms. The molecule has 0 N–H and O–H groups in total. The van der Waals surface area contributed by atoms with E-state index >= 15 is 0 Å². The van der Waals surface area contributed by atoms with E-state index in [-0.39, 0.29) is 24.2 Å². The summed E-state index contributed by atoms with van der Waals surface area (Å²) in [6, 6.07) is 13.0. The highest BCUT2D eigenvalue weighted by molar-refractivity contribution is 6.23. The lowest BCUT2D eigenvalue weighted by Crippen LogP contribution is -2.47. The summed E-state index contributed by atoms with van der Waals surface area (Å²) in [5.74, 6) is 0.280. The van der Waals surface area contributed by atoms with Gasteiger partial charge in [-0.25, -0.2) is 4.90 Å². The molecular formula is C25H25N3O5. The number of nitriles is 1. The number of rotatable bonds is 8. The maximum Gasteiger partial charge on any atom is 0.257 e. The van der Waals surface area contributed by atoms with E-state index in [4.69, 9.17) is 14.7 Å². The molecule has 1 unspecified atom stereocenters. The van der Waals surface area contributed by atoms with Crippen LogP contribution in [0.4, 0.5) is 5.69 Å². The Morgan fingerprint density at radius 1 is 1.09 bits per heavy atom. The Hall–Kier alpha value is -3.86. The van der Waals surface area contributed by atoms with Gasteiger partial charge in [-0.05, 0) is 61.2 Å². The summed E-state index contributed by atoms with van der Waals surface area (Å²) in [4.78, 5) is 41.8. The first-order valence-electron chi connectivity index (χ1n) is 10.8. The van der Waals surface area contributed by atoms with Crippen molar-refractivity contribution < 1.29 is 23.9 Å². The fourth-order valence-electron chi connectivity index (χ4n) is 4.09. The van der Waals surface area contributed by atoms with Crippen LogP contribution in [0.15, 0.2) is 42.5 Å². The molecule has 0 spiro atoms. The molecule has 2 aromatic carbocycles. The number of imide groups is 1. The van der Waals surface area contributed by atoms with E-state index in [1.54, 1.807) is 49.5 Å². The summed E-state index contributed by atoms with van der Waals surface area (Å²) in [5, 5.41) is 8.99. The maximum absolute atomic E-state index is 13.3. The molecule has 4 rings (SSSR count). The molecule has 3 amide bonds. The summed E-state index contributed by atoms with van der Waals surface area (Å²) < 4.78 is 10.6. The van der Waals surface area contributed by atoms with E-state index < -0.39 is 11.9 Å². The Kier molecular flexibility index (Phi) is 6.31. The van der Waals surface area contributed by atoms with Gasteiger partial charge in [-0.1, -0.05) is 6.07 Å². The summed E-state index contributed by atoms with van der Waals surface area (Å²) in [5.41, 5.74) is 1.78. The minimum atomic E-state index is -0.832. The maximum atomic E-state index is 13.3. The molecule has 8 nitrogen and oxygen atoms in total. The quantitative estimate of drug-likeness (QED) is 0.577. The number of carbonyl (C=O) groups excluding carboxylic acids is 3. The Morgan fingerprint density at radius 2 is 1.79 bits per heavy atom. The molecule has 1 atom stereocenters. The second-order valence-electron chi connectivity index (χ2n) is 8.19. The summed E-state index contributed by atoms with van der Waals surface area (Å²) >= 11 is 0. The van der Waals surface area contributed by atoms with Crippen molar-refractivity contribution in [1.82, 2.24) is 4.90 Å². The minimum absolute atomic E-state index is 0.0524. The van der Waals surface area contributed by atoms with Crippen LogP contribution in [0.1, 0.15) is 30.4 Å². The first-order chi connectivity index (χ1) is 16.0. The minimum Gasteiger partial charge on any atom is -0.493 e. The van der Waals surface area contributed by atoms with Gasteiger partial charge in [0, 0.05) is 12.5 Å². The van der Waals surface area contributed by atoms with Gasteiger partial charge in [-0.3, -0.25) is 14.4 Å². The highest BCUT2D eigenvalue weighted by Gasteiger charge is 2.46. The summed E-state index contributed by atoms with van der Waals surface area (Å²) in [6.07, 6.45) is 2.07. The van der Waals surface area contributed by atoms with Crippen LogP contribution in [0.25, 0.3) is 0 Å². The molecule has 2 aliphatic rings. The van der Waals surface area contributed by atoms with Crippen LogP contribution in [0, 0.1) is 17.2 Å². The molecular weight excluding hydrogens is 422 g/mol. The van der Waals surface area contributed by atoms with Crippen LogP contribution in [0.5, 0.6) is 11.5 Å². The van der Waals surface area contributed by atoms with Crippen molar-refractivity contribution in [2.24, 2.45) is 5.92 Å². The van der Waals surface area contributed by atoms with E-state index in [0.717, 1.165) is 23.3 Å². The topological polar surface area (TPSA) is 99.9 Å². The molecule has 1 saturated carbocycles. The average Bonchev–Trinajstić information content (AvgIpc) is 3.65. The third-order valence-electron chi connectivity index (χ3n) is 6.05. The fraction of sp³-hybridized carbons (Fsp3) is 0.360. The Labute approximate surface area is 192 Å². The van der Waals surface area contributed by atoms with Crippen molar-refractivity contribution in [1.29, 1.82) is 5.26 Å². The zero-order valence-corrected chi connectivity index (χ0v) is 18.6. The van der Waals surface area contributed by atoms with Crippen LogP contribution >= 0.6 is 0 Å². The largest absolute Gasteiger partial charge is 0.493 e. The molecule has 1 aliphatic carbocycles. The van der Waals surface area contributed by atoms with Gasteiger partial charge < -0.3 is 14.4 Å². The number of methoxy groups -OCH3 is 2. The molecule has 1 saturated heterocycles. The molecule has 2 fully saturated rings. The number of anilines is 1. The number of hydrogen-bond acceptors (Lipinski definition) is 6. The Balaban J connectivity index is 1.54. The lowest BCUT2D eigenvalue weighted by molar-refractivity contribution is -0.139. The molecule has 1 heterocycles. The molecule has 2 aromatic rings. The normalized spacial score (nSPS) is 17.6. The third kappa shape index (κ3) is 4.53. The van der Waals surface area contributed by atoms with Gasteiger partial charge in [-0.2, -0.15) is 5.26 Å². The van der Waals surface area contributed by atoms with Crippen LogP contribution < -0.4 is 14.4 Å². The van der Waals surface area contributed by atoms with Crippen molar-refractivity contribution in [2.45, 2.75) is 31.7 Å². The number of hydrogen-bond donors (Lipinski definition) is 0. The second kappa shape index (κ2) is 9.33. The average molecular weight is 447 g/mol. The van der Waals surface area contributed by atoms with Gasteiger partial charge in [-0.15, -0.1) is 0 Å². The molecule has 0 aromatic heterocycles. The smallest absolute Gasteiger partial charge is 0.257 e. The zero-order valence-electron chi connectivity index (χ0n) is 18.6. The van der Waals surface area contributed by atoms with Gasteiger partial charge in [0.1, 0.15) is 6.04 Å². The van der Waals surface area contributed by atoms with E-state index in [9.17, 15) is 14.4 Å². The van der Waals surface area contributed by atoms with Crippen molar-refractivity contribution in [3.05, 3.63) is 53.6 Å². The van der Waals surface area contributed by atoms with E-state index in [2.05, 4.69) is 0 Å². The van der Waals surface area contributed by atoms with Gasteiger partial charge in [0.25, 0.3) is 5.91 Å². The number of ether oxygens (including phenoxy) is 2. The number of carbonyl (C=O) groups is 3. The first-order valence-corrected chi connectivity index (χ1v) is 10.8. The van der Waals surface area contributed by atoms with Gasteiger partial charge in [0.2, 0.25) is 11.8 Å². The lowest BCUT2D eigenvalue weighted by Gasteiger charge is -2.28. The van der Waals surface area contributed by atoms with Crippen molar-refractivity contribution in [3.63, 3.8) is 0 Å². The first kappa shape index (κ1) is 22.3. The van der Waals surface area contributed by atoms with Crippen LogP contribution in [-0.2, 0) is 20.8 Å². The van der Waals surface area contributed by atoms with Gasteiger partial charge in [0.15, 0.2) is 11.5 Å². The fourth-order valence-corrected chi connectivity index (χ4v) is 4.09. The summed E-state index contributed by atoms with van der Waals surface area (Å²) in [6.45, 7) is 0.315.